The third-order valence-corrected chi connectivity index (χ3v) is 5.21. The van der Waals surface area contributed by atoms with Gasteiger partial charge in [-0.1, -0.05) is 23.7 Å². The molecular formula is C13H12BrClO2S. The Balaban J connectivity index is 2.36. The van der Waals surface area contributed by atoms with Gasteiger partial charge in [-0.05, 0) is 46.1 Å². The van der Waals surface area contributed by atoms with E-state index in [1.807, 2.05) is 25.1 Å². The summed E-state index contributed by atoms with van der Waals surface area (Å²) in [6, 6.07) is 7.44. The Morgan fingerprint density at radius 1 is 1.39 bits per heavy atom. The van der Waals surface area contributed by atoms with E-state index in [1.54, 1.807) is 13.2 Å². The van der Waals surface area contributed by atoms with Crippen molar-refractivity contribution in [2.75, 3.05) is 7.11 Å². The molecule has 1 aromatic carbocycles. The van der Waals surface area contributed by atoms with Crippen molar-refractivity contribution in [1.29, 1.82) is 0 Å². The molecular weight excluding hydrogens is 336 g/mol. The molecule has 1 heterocycles. The standard InChI is InChI=1S/C13H12BrClO2S/c1-7-3-4-8(5-10(7)17-2)12(16)11-6-9(15)13(14)18-11/h3-6,12,16H,1-2H3. The van der Waals surface area contributed by atoms with Crippen LogP contribution in [0.15, 0.2) is 28.1 Å². The molecule has 0 radical (unpaired) electrons. The highest BCUT2D eigenvalue weighted by Crippen LogP contribution is 2.38. The predicted molar refractivity (Wildman–Crippen MR) is 78.8 cm³/mol. The van der Waals surface area contributed by atoms with Crippen molar-refractivity contribution < 1.29 is 9.84 Å². The van der Waals surface area contributed by atoms with Gasteiger partial charge >= 0.3 is 0 Å². The number of benzene rings is 1. The molecule has 0 spiro atoms. The summed E-state index contributed by atoms with van der Waals surface area (Å²) in [5, 5.41) is 10.9. The van der Waals surface area contributed by atoms with E-state index in [1.165, 1.54) is 11.3 Å². The smallest absolute Gasteiger partial charge is 0.122 e. The van der Waals surface area contributed by atoms with Crippen LogP contribution in [-0.4, -0.2) is 12.2 Å². The minimum atomic E-state index is -0.687. The van der Waals surface area contributed by atoms with Crippen LogP contribution in [0.5, 0.6) is 5.75 Å². The van der Waals surface area contributed by atoms with Crippen LogP contribution in [0, 0.1) is 6.92 Å². The zero-order valence-electron chi connectivity index (χ0n) is 9.91. The Kier molecular flexibility index (Phi) is 4.33. The molecule has 0 saturated carbocycles. The average molecular weight is 348 g/mol. The van der Waals surface area contributed by atoms with Gasteiger partial charge in [-0.2, -0.15) is 0 Å². The maximum Gasteiger partial charge on any atom is 0.122 e. The van der Waals surface area contributed by atoms with E-state index in [0.717, 1.165) is 25.5 Å². The van der Waals surface area contributed by atoms with Gasteiger partial charge in [0.1, 0.15) is 11.9 Å². The highest BCUT2D eigenvalue weighted by Gasteiger charge is 2.16. The first kappa shape index (κ1) is 13.9. The first-order chi connectivity index (χ1) is 8.52. The molecule has 18 heavy (non-hydrogen) atoms. The zero-order chi connectivity index (χ0) is 13.3. The minimum Gasteiger partial charge on any atom is -0.496 e. The van der Waals surface area contributed by atoms with Gasteiger partial charge in [-0.15, -0.1) is 11.3 Å². The lowest BCUT2D eigenvalue weighted by molar-refractivity contribution is 0.223. The lowest BCUT2D eigenvalue weighted by Gasteiger charge is -2.12. The summed E-state index contributed by atoms with van der Waals surface area (Å²) in [4.78, 5) is 0.804. The van der Waals surface area contributed by atoms with Crippen LogP contribution in [0.2, 0.25) is 5.02 Å². The van der Waals surface area contributed by atoms with Gasteiger partial charge < -0.3 is 9.84 Å². The van der Waals surface area contributed by atoms with E-state index < -0.39 is 6.10 Å². The Morgan fingerprint density at radius 2 is 2.11 bits per heavy atom. The van der Waals surface area contributed by atoms with Crippen LogP contribution in [0.4, 0.5) is 0 Å². The summed E-state index contributed by atoms with van der Waals surface area (Å²) < 4.78 is 6.09. The molecule has 1 N–H and O–H groups in total. The maximum absolute atomic E-state index is 10.3. The van der Waals surface area contributed by atoms with E-state index in [-0.39, 0.29) is 0 Å². The second kappa shape index (κ2) is 5.61. The van der Waals surface area contributed by atoms with Crippen LogP contribution in [0.1, 0.15) is 22.1 Å². The minimum absolute atomic E-state index is 0.619. The maximum atomic E-state index is 10.3. The summed E-state index contributed by atoms with van der Waals surface area (Å²) in [5.41, 5.74) is 1.83. The molecule has 2 rings (SSSR count). The highest BCUT2D eigenvalue weighted by molar-refractivity contribution is 9.11. The quantitative estimate of drug-likeness (QED) is 0.882. The van der Waals surface area contributed by atoms with Gasteiger partial charge in [-0.3, -0.25) is 0 Å². The third kappa shape index (κ3) is 2.72. The van der Waals surface area contributed by atoms with Gasteiger partial charge in [0.25, 0.3) is 0 Å². The summed E-state index contributed by atoms with van der Waals surface area (Å²) in [5.74, 6) is 0.772. The van der Waals surface area contributed by atoms with E-state index in [9.17, 15) is 5.11 Å². The molecule has 0 bridgehead atoms. The fraction of sp³-hybridized carbons (Fsp3) is 0.231. The van der Waals surface area contributed by atoms with Gasteiger partial charge in [0.2, 0.25) is 0 Å². The molecule has 1 unspecified atom stereocenters. The lowest BCUT2D eigenvalue weighted by atomic mass is 10.1. The molecule has 0 saturated heterocycles. The van der Waals surface area contributed by atoms with E-state index in [0.29, 0.717) is 5.02 Å². The molecule has 1 aromatic heterocycles. The van der Waals surface area contributed by atoms with Gasteiger partial charge in [0.05, 0.1) is 15.9 Å². The Bertz CT molecular complexity index is 549. The van der Waals surface area contributed by atoms with Crippen molar-refractivity contribution >= 4 is 38.9 Å². The zero-order valence-corrected chi connectivity index (χ0v) is 13.1. The van der Waals surface area contributed by atoms with Crippen LogP contribution < -0.4 is 4.74 Å². The van der Waals surface area contributed by atoms with Crippen LogP contribution in [0.25, 0.3) is 0 Å². The van der Waals surface area contributed by atoms with Crippen LogP contribution >= 0.6 is 38.9 Å². The number of aliphatic hydroxyl groups is 1. The Morgan fingerprint density at radius 3 is 2.67 bits per heavy atom. The predicted octanol–water partition coefficient (Wildman–Crippen LogP) is 4.56. The number of halogens is 2. The van der Waals surface area contributed by atoms with Crippen LogP contribution in [0.3, 0.4) is 0 Å². The molecule has 2 nitrogen and oxygen atoms in total. The number of ether oxygens (including phenoxy) is 1. The third-order valence-electron chi connectivity index (χ3n) is 2.68. The van der Waals surface area contributed by atoms with Gasteiger partial charge in [0.15, 0.2) is 0 Å². The van der Waals surface area contributed by atoms with E-state index in [2.05, 4.69) is 15.9 Å². The molecule has 0 aliphatic carbocycles. The summed E-state index contributed by atoms with van der Waals surface area (Å²) in [6.07, 6.45) is -0.687. The SMILES string of the molecule is COc1cc(C(O)c2cc(Cl)c(Br)s2)ccc1C. The Labute approximate surface area is 123 Å². The van der Waals surface area contributed by atoms with Crippen molar-refractivity contribution in [3.8, 4) is 5.75 Å². The number of thiophene rings is 1. The van der Waals surface area contributed by atoms with Gasteiger partial charge in [0, 0.05) is 4.88 Å². The molecule has 0 aliphatic heterocycles. The average Bonchev–Trinajstić information content (AvgIpc) is 2.69. The molecule has 5 heteroatoms. The highest BCUT2D eigenvalue weighted by atomic mass is 79.9. The van der Waals surface area contributed by atoms with Crippen molar-refractivity contribution in [2.45, 2.75) is 13.0 Å². The lowest BCUT2D eigenvalue weighted by Crippen LogP contribution is -1.98. The first-order valence-corrected chi connectivity index (χ1v) is 7.29. The fourth-order valence-electron chi connectivity index (χ4n) is 1.67. The molecule has 1 atom stereocenters. The largest absolute Gasteiger partial charge is 0.496 e. The molecule has 0 fully saturated rings. The van der Waals surface area contributed by atoms with Crippen molar-refractivity contribution in [3.63, 3.8) is 0 Å². The number of rotatable bonds is 3. The number of hydrogen-bond acceptors (Lipinski definition) is 3. The second-order valence-corrected chi connectivity index (χ2v) is 6.71. The van der Waals surface area contributed by atoms with Crippen LogP contribution in [-0.2, 0) is 0 Å². The number of hydrogen-bond donors (Lipinski definition) is 1. The summed E-state index contributed by atoms with van der Waals surface area (Å²) >= 11 is 10.7. The van der Waals surface area contributed by atoms with Crippen molar-refractivity contribution in [1.82, 2.24) is 0 Å². The number of methoxy groups -OCH3 is 1. The van der Waals surface area contributed by atoms with Crippen molar-refractivity contribution in [2.24, 2.45) is 0 Å². The molecule has 0 amide bonds. The van der Waals surface area contributed by atoms with Gasteiger partial charge in [-0.25, -0.2) is 0 Å². The Hall–Kier alpha value is -0.550. The fourth-order valence-corrected chi connectivity index (χ4v) is 3.43. The summed E-state index contributed by atoms with van der Waals surface area (Å²) in [7, 11) is 1.62. The summed E-state index contributed by atoms with van der Waals surface area (Å²) in [6.45, 7) is 1.97. The number of aliphatic hydroxyl groups excluding tert-OH is 1. The van der Waals surface area contributed by atoms with E-state index >= 15 is 0 Å². The molecule has 96 valence electrons. The number of aryl methyl sites for hydroxylation is 1. The monoisotopic (exact) mass is 346 g/mol. The first-order valence-electron chi connectivity index (χ1n) is 5.30. The molecule has 0 aliphatic rings. The second-order valence-electron chi connectivity index (χ2n) is 3.90. The normalized spacial score (nSPS) is 12.5. The van der Waals surface area contributed by atoms with E-state index in [4.69, 9.17) is 16.3 Å². The molecule has 2 aromatic rings. The van der Waals surface area contributed by atoms with Crippen molar-refractivity contribution in [3.05, 3.63) is 49.1 Å². The topological polar surface area (TPSA) is 29.5 Å².